The lowest BCUT2D eigenvalue weighted by atomic mass is 10.0. The number of nitrogens with zero attached hydrogens (tertiary/aromatic N) is 3. The molecule has 0 saturated carbocycles. The van der Waals surface area contributed by atoms with Crippen molar-refractivity contribution in [2.45, 2.75) is 219 Å². The summed E-state index contributed by atoms with van der Waals surface area (Å²) in [5.74, 6) is -5.93. The first-order valence-corrected chi connectivity index (χ1v) is 30.1. The lowest BCUT2D eigenvalue weighted by Gasteiger charge is -2.30. The predicted octanol–water partition coefficient (Wildman–Crippen LogP) is 5.02. The summed E-state index contributed by atoms with van der Waals surface area (Å²) in [5, 5.41) is 39.9. The van der Waals surface area contributed by atoms with E-state index in [-0.39, 0.29) is 104 Å². The Balaban J connectivity index is 4.28. The van der Waals surface area contributed by atoms with Gasteiger partial charge in [-0.3, -0.25) is 33.9 Å². The van der Waals surface area contributed by atoms with Gasteiger partial charge in [-0.15, -0.1) is 0 Å². The molecule has 0 aromatic heterocycles. The molecule has 19 nitrogen and oxygen atoms in total. The standard InChI is InChI=1S/C58H109N5O14/c1-3-5-7-9-11-13-15-17-19-21-23-25-27-29-31-33-57(72)76-45-43-74-41-35-59-52(64)47-62(50-55(68)69)39-37-61(49-54(66)67)38-40-63(51-56(70)71)48-53(65)60-36-42-75-44-46-77-58(73)34-32-30-28-26-24-22-20-18-16-14-12-10-8-6-4-2/h3-51H2,1-2H3,(H,59,64)(H,60,65)(H,66,67)(H,68,69)(H,70,71)/p-3. The molecule has 450 valence electrons. The van der Waals surface area contributed by atoms with E-state index in [2.05, 4.69) is 24.5 Å². The van der Waals surface area contributed by atoms with E-state index in [1.165, 1.54) is 169 Å². The van der Waals surface area contributed by atoms with Crippen molar-refractivity contribution in [2.24, 2.45) is 0 Å². The summed E-state index contributed by atoms with van der Waals surface area (Å²) < 4.78 is 21.4. The number of carboxylic acids is 3. The van der Waals surface area contributed by atoms with Crippen LogP contribution in [-0.4, -0.2) is 168 Å². The molecule has 0 aromatic rings. The molecule has 0 saturated heterocycles. The van der Waals surface area contributed by atoms with Crippen molar-refractivity contribution in [3.63, 3.8) is 0 Å². The van der Waals surface area contributed by atoms with Gasteiger partial charge in [-0.1, -0.05) is 194 Å². The Labute approximate surface area is 464 Å². The molecule has 0 unspecified atom stereocenters. The van der Waals surface area contributed by atoms with Crippen LogP contribution in [0.3, 0.4) is 0 Å². The first kappa shape index (κ1) is 73.1. The first-order valence-electron chi connectivity index (χ1n) is 30.1. The molecule has 0 fully saturated rings. The Morgan fingerprint density at radius 3 is 0.870 bits per heavy atom. The highest BCUT2D eigenvalue weighted by molar-refractivity contribution is 5.79. The van der Waals surface area contributed by atoms with Crippen molar-refractivity contribution in [1.82, 2.24) is 25.3 Å². The summed E-state index contributed by atoms with van der Waals surface area (Å²) in [5.41, 5.74) is 0. The van der Waals surface area contributed by atoms with Gasteiger partial charge in [0.15, 0.2) is 0 Å². The summed E-state index contributed by atoms with van der Waals surface area (Å²) in [6, 6.07) is 0. The van der Waals surface area contributed by atoms with Crippen molar-refractivity contribution in [3.05, 3.63) is 0 Å². The smallest absolute Gasteiger partial charge is 0.305 e. The number of carbonyl (C=O) groups excluding carboxylic acids is 7. The zero-order chi connectivity index (χ0) is 56.7. The highest BCUT2D eigenvalue weighted by Crippen LogP contribution is 2.16. The number of hydrogen-bond donors (Lipinski definition) is 2. The van der Waals surface area contributed by atoms with Gasteiger partial charge >= 0.3 is 11.9 Å². The quantitative estimate of drug-likeness (QED) is 0.0599. The number of carboxylic acid groups (broad SMARTS) is 3. The van der Waals surface area contributed by atoms with Gasteiger partial charge in [0.05, 0.1) is 57.4 Å². The molecule has 2 amide bonds. The number of esters is 2. The van der Waals surface area contributed by atoms with Crippen molar-refractivity contribution in [2.75, 3.05) is 112 Å². The van der Waals surface area contributed by atoms with E-state index in [1.807, 2.05) is 0 Å². The number of nitrogens with one attached hydrogen (secondary N) is 2. The monoisotopic (exact) mass is 1100 g/mol. The molecule has 0 rings (SSSR count). The van der Waals surface area contributed by atoms with Crippen LogP contribution in [0.4, 0.5) is 0 Å². The van der Waals surface area contributed by atoms with Gasteiger partial charge in [-0.05, 0) is 12.8 Å². The van der Waals surface area contributed by atoms with E-state index in [0.29, 0.717) is 12.8 Å². The molecule has 2 N–H and O–H groups in total. The van der Waals surface area contributed by atoms with Gasteiger partial charge in [-0.2, -0.15) is 0 Å². The van der Waals surface area contributed by atoms with Crippen LogP contribution in [-0.2, 0) is 52.5 Å². The minimum atomic E-state index is -1.46. The fraction of sp³-hybridized carbons (Fsp3) is 0.879. The van der Waals surface area contributed by atoms with E-state index in [0.717, 1.165) is 38.5 Å². The Morgan fingerprint density at radius 2 is 0.584 bits per heavy atom. The van der Waals surface area contributed by atoms with E-state index in [9.17, 15) is 48.9 Å². The lowest BCUT2D eigenvalue weighted by molar-refractivity contribution is -0.308. The molecule has 0 heterocycles. The third kappa shape index (κ3) is 55.2. The second kappa shape index (κ2) is 55.4. The summed E-state index contributed by atoms with van der Waals surface area (Å²) >= 11 is 0. The average Bonchev–Trinajstić information content (AvgIpc) is 3.38. The minimum Gasteiger partial charge on any atom is -0.549 e. The van der Waals surface area contributed by atoms with Crippen LogP contribution in [0.5, 0.6) is 0 Å². The van der Waals surface area contributed by atoms with Crippen molar-refractivity contribution < 1.29 is 67.8 Å². The molecule has 77 heavy (non-hydrogen) atoms. The molecular weight excluding hydrogens is 991 g/mol. The van der Waals surface area contributed by atoms with Crippen LogP contribution in [0.15, 0.2) is 0 Å². The third-order valence-electron chi connectivity index (χ3n) is 13.3. The van der Waals surface area contributed by atoms with Gasteiger partial charge in [-0.25, -0.2) is 0 Å². The van der Waals surface area contributed by atoms with Crippen LogP contribution in [0.2, 0.25) is 0 Å². The maximum absolute atomic E-state index is 12.7. The fourth-order valence-electron chi connectivity index (χ4n) is 8.91. The maximum Gasteiger partial charge on any atom is 0.305 e. The summed E-state index contributed by atoms with van der Waals surface area (Å²) in [6.45, 7) is 2.62. The Kier molecular flexibility index (Phi) is 52.6. The van der Waals surface area contributed by atoms with Crippen LogP contribution in [0.1, 0.15) is 219 Å². The van der Waals surface area contributed by atoms with Crippen LogP contribution >= 0.6 is 0 Å². The largest absolute Gasteiger partial charge is 0.549 e. The Bertz CT molecular complexity index is 1380. The molecule has 0 aliphatic carbocycles. The van der Waals surface area contributed by atoms with Gasteiger partial charge in [0.1, 0.15) is 13.2 Å². The fourth-order valence-corrected chi connectivity index (χ4v) is 8.91. The highest BCUT2D eigenvalue weighted by Gasteiger charge is 2.17. The Hall–Kier alpha value is -3.91. The molecule has 0 radical (unpaired) electrons. The molecule has 0 aliphatic rings. The summed E-state index contributed by atoms with van der Waals surface area (Å²) in [6.07, 6.45) is 38.2. The van der Waals surface area contributed by atoms with Crippen LogP contribution < -0.4 is 26.0 Å². The number of rotatable bonds is 60. The van der Waals surface area contributed by atoms with Crippen LogP contribution in [0.25, 0.3) is 0 Å². The van der Waals surface area contributed by atoms with Crippen molar-refractivity contribution in [1.29, 1.82) is 0 Å². The third-order valence-corrected chi connectivity index (χ3v) is 13.3. The van der Waals surface area contributed by atoms with Crippen molar-refractivity contribution in [3.8, 4) is 0 Å². The normalized spacial score (nSPS) is 11.4. The van der Waals surface area contributed by atoms with Crippen LogP contribution in [0, 0.1) is 0 Å². The zero-order valence-electron chi connectivity index (χ0n) is 48.2. The van der Waals surface area contributed by atoms with E-state index in [1.54, 1.807) is 0 Å². The Morgan fingerprint density at radius 1 is 0.325 bits per heavy atom. The minimum absolute atomic E-state index is 0.0483. The molecule has 0 aliphatic heterocycles. The molecular formula is C58H106N5O14-3. The second-order valence-electron chi connectivity index (χ2n) is 20.6. The zero-order valence-corrected chi connectivity index (χ0v) is 48.2. The highest BCUT2D eigenvalue weighted by atomic mass is 16.6. The molecule has 0 spiro atoms. The van der Waals surface area contributed by atoms with E-state index in [4.69, 9.17) is 18.9 Å². The van der Waals surface area contributed by atoms with Gasteiger partial charge in [0.25, 0.3) is 0 Å². The second-order valence-corrected chi connectivity index (χ2v) is 20.6. The average molecular weight is 1100 g/mol. The number of amides is 2. The number of unbranched alkanes of at least 4 members (excludes halogenated alkanes) is 28. The van der Waals surface area contributed by atoms with E-state index < -0.39 is 49.4 Å². The molecule has 0 atom stereocenters. The van der Waals surface area contributed by atoms with Gasteiger partial charge in [0.2, 0.25) is 11.8 Å². The number of ether oxygens (including phenoxy) is 4. The first-order chi connectivity index (χ1) is 37.4. The lowest BCUT2D eigenvalue weighted by Crippen LogP contribution is -2.50. The molecule has 0 bridgehead atoms. The topological polar surface area (TPSA) is 259 Å². The number of aliphatic carboxylic acids is 3. The summed E-state index contributed by atoms with van der Waals surface area (Å²) in [7, 11) is 0. The van der Waals surface area contributed by atoms with Gasteiger partial charge in [0, 0.05) is 71.7 Å². The SMILES string of the molecule is CCCCCCCCCCCCCCCCCC(=O)OCCOCCNC(=O)CN(CCN(CCN(CC(=O)[O-])CC(=O)NCCOCCOC(=O)CCCCCCCCCCCCCCCCC)CC(=O)[O-])CC(=O)[O-]. The predicted molar refractivity (Wildman–Crippen MR) is 293 cm³/mol. The molecule has 0 aromatic carbocycles. The van der Waals surface area contributed by atoms with Crippen molar-refractivity contribution >= 4 is 41.7 Å². The van der Waals surface area contributed by atoms with E-state index >= 15 is 0 Å². The number of hydrogen-bond acceptors (Lipinski definition) is 17. The number of carbonyl (C=O) groups is 7. The summed E-state index contributed by atoms with van der Waals surface area (Å²) in [4.78, 5) is 88.0. The molecule has 19 heteroatoms. The maximum atomic E-state index is 12.7. The van der Waals surface area contributed by atoms with Gasteiger partial charge < -0.3 is 59.3 Å².